The molecule has 0 saturated heterocycles. The molecular formula is C15H10BrCl4NO3S. The van der Waals surface area contributed by atoms with E-state index in [9.17, 15) is 13.2 Å². The normalized spacial score (nSPS) is 12.7. The van der Waals surface area contributed by atoms with Gasteiger partial charge >= 0.3 is 0 Å². The van der Waals surface area contributed by atoms with Crippen molar-refractivity contribution < 1.29 is 13.2 Å². The number of sulfonamides is 1. The molecule has 0 heterocycles. The van der Waals surface area contributed by atoms with Crippen molar-refractivity contribution in [2.24, 2.45) is 0 Å². The zero-order valence-electron chi connectivity index (χ0n) is 12.5. The van der Waals surface area contributed by atoms with E-state index in [1.807, 2.05) is 0 Å². The summed E-state index contributed by atoms with van der Waals surface area (Å²) in [6.45, 7) is 1.36. The average Bonchev–Trinajstić information content (AvgIpc) is 2.51. The number of benzene rings is 2. The van der Waals surface area contributed by atoms with Gasteiger partial charge in [-0.2, -0.15) is 0 Å². The highest BCUT2D eigenvalue weighted by Gasteiger charge is 2.34. The lowest BCUT2D eigenvalue weighted by Gasteiger charge is -2.29. The fraction of sp³-hybridized carbons (Fsp3) is 0.133. The standard InChI is InChI=1S/C15H10BrCl4NO3S/c1-8(15(20)22)21(14-5-2-9(16)6-13(14)19)25(23,24)10-3-4-11(17)12(18)7-10/h2-8H,1H3. The number of carbonyl (C=O) groups excluding carboxylic acids is 1. The molecule has 0 aliphatic heterocycles. The molecule has 25 heavy (non-hydrogen) atoms. The molecule has 10 heteroatoms. The molecule has 4 nitrogen and oxygen atoms in total. The fourth-order valence-corrected chi connectivity index (χ4v) is 5.05. The van der Waals surface area contributed by atoms with Gasteiger partial charge in [0, 0.05) is 4.47 Å². The zero-order chi connectivity index (χ0) is 18.9. The summed E-state index contributed by atoms with van der Waals surface area (Å²) in [7, 11) is -4.19. The van der Waals surface area contributed by atoms with Crippen LogP contribution in [0.3, 0.4) is 0 Å². The van der Waals surface area contributed by atoms with Gasteiger partial charge in [0.15, 0.2) is 0 Å². The highest BCUT2D eigenvalue weighted by molar-refractivity contribution is 9.10. The van der Waals surface area contributed by atoms with Gasteiger partial charge in [0.1, 0.15) is 6.04 Å². The molecule has 1 unspecified atom stereocenters. The Hall–Kier alpha value is -0.500. The lowest BCUT2D eigenvalue weighted by atomic mass is 10.3. The van der Waals surface area contributed by atoms with E-state index in [4.69, 9.17) is 46.4 Å². The van der Waals surface area contributed by atoms with Crippen molar-refractivity contribution in [3.8, 4) is 0 Å². The SMILES string of the molecule is CC(C(=O)Cl)N(c1ccc(Br)cc1Cl)S(=O)(=O)c1ccc(Cl)c(Cl)c1. The molecule has 0 aliphatic carbocycles. The fourth-order valence-electron chi connectivity index (χ4n) is 2.05. The van der Waals surface area contributed by atoms with Crippen LogP contribution >= 0.6 is 62.3 Å². The molecule has 0 saturated carbocycles. The first-order valence-corrected chi connectivity index (χ1v) is 10.4. The van der Waals surface area contributed by atoms with Crippen LogP contribution in [-0.4, -0.2) is 19.7 Å². The van der Waals surface area contributed by atoms with Gasteiger partial charge in [-0.25, -0.2) is 8.42 Å². The zero-order valence-corrected chi connectivity index (χ0v) is 17.9. The Morgan fingerprint density at radius 1 is 1.04 bits per heavy atom. The van der Waals surface area contributed by atoms with Crippen LogP contribution in [0.1, 0.15) is 6.92 Å². The van der Waals surface area contributed by atoms with Crippen molar-refractivity contribution in [3.05, 3.63) is 55.9 Å². The van der Waals surface area contributed by atoms with Gasteiger partial charge in [0.05, 0.1) is 25.7 Å². The van der Waals surface area contributed by atoms with Crippen molar-refractivity contribution in [1.29, 1.82) is 0 Å². The number of anilines is 1. The molecule has 0 aromatic heterocycles. The quantitative estimate of drug-likeness (QED) is 0.485. The van der Waals surface area contributed by atoms with Gasteiger partial charge in [0.2, 0.25) is 5.24 Å². The minimum atomic E-state index is -4.19. The van der Waals surface area contributed by atoms with Crippen LogP contribution in [0.5, 0.6) is 0 Å². The van der Waals surface area contributed by atoms with E-state index in [1.165, 1.54) is 37.3 Å². The highest BCUT2D eigenvalue weighted by atomic mass is 79.9. The van der Waals surface area contributed by atoms with Crippen LogP contribution in [0, 0.1) is 0 Å². The van der Waals surface area contributed by atoms with Crippen LogP contribution in [0.15, 0.2) is 45.8 Å². The predicted molar refractivity (Wildman–Crippen MR) is 106 cm³/mol. The maximum Gasteiger partial charge on any atom is 0.265 e. The highest BCUT2D eigenvalue weighted by Crippen LogP contribution is 2.36. The van der Waals surface area contributed by atoms with E-state index in [1.54, 1.807) is 6.07 Å². The summed E-state index contributed by atoms with van der Waals surface area (Å²) < 4.78 is 27.8. The van der Waals surface area contributed by atoms with Gasteiger partial charge in [-0.1, -0.05) is 50.7 Å². The minimum Gasteiger partial charge on any atom is -0.279 e. The van der Waals surface area contributed by atoms with E-state index < -0.39 is 21.3 Å². The van der Waals surface area contributed by atoms with Gasteiger partial charge in [-0.05, 0) is 54.9 Å². The summed E-state index contributed by atoms with van der Waals surface area (Å²) in [4.78, 5) is 11.5. The molecule has 0 radical (unpaired) electrons. The third kappa shape index (κ3) is 4.43. The lowest BCUT2D eigenvalue weighted by molar-refractivity contribution is -0.112. The Morgan fingerprint density at radius 3 is 2.20 bits per heavy atom. The average molecular weight is 506 g/mol. The van der Waals surface area contributed by atoms with E-state index >= 15 is 0 Å². The topological polar surface area (TPSA) is 54.5 Å². The Labute approximate surface area is 173 Å². The summed E-state index contributed by atoms with van der Waals surface area (Å²) in [6, 6.07) is 7.23. The van der Waals surface area contributed by atoms with Crippen LogP contribution in [0.25, 0.3) is 0 Å². The molecule has 0 fully saturated rings. The van der Waals surface area contributed by atoms with Crippen LogP contribution in [0.2, 0.25) is 15.1 Å². The number of nitrogens with zero attached hydrogens (tertiary/aromatic N) is 1. The second-order valence-electron chi connectivity index (χ2n) is 4.95. The lowest BCUT2D eigenvalue weighted by Crippen LogP contribution is -2.42. The maximum atomic E-state index is 13.1. The molecule has 0 aliphatic rings. The van der Waals surface area contributed by atoms with Crippen molar-refractivity contribution in [2.45, 2.75) is 17.9 Å². The Balaban J connectivity index is 2.69. The first-order valence-electron chi connectivity index (χ1n) is 6.69. The third-order valence-electron chi connectivity index (χ3n) is 3.28. The van der Waals surface area contributed by atoms with Crippen molar-refractivity contribution in [2.75, 3.05) is 4.31 Å². The maximum absolute atomic E-state index is 13.1. The second kappa shape index (κ2) is 8.03. The largest absolute Gasteiger partial charge is 0.279 e. The van der Waals surface area contributed by atoms with Crippen LogP contribution < -0.4 is 4.31 Å². The molecular weight excluding hydrogens is 496 g/mol. The predicted octanol–water partition coefficient (Wildman–Crippen LogP) is 5.76. The monoisotopic (exact) mass is 503 g/mol. The first kappa shape index (κ1) is 20.8. The van der Waals surface area contributed by atoms with Crippen LogP contribution in [-0.2, 0) is 14.8 Å². The molecule has 0 N–H and O–H groups in total. The molecule has 0 amide bonds. The number of rotatable bonds is 5. The van der Waals surface area contributed by atoms with Gasteiger partial charge in [0.25, 0.3) is 10.0 Å². The summed E-state index contributed by atoms with van der Waals surface area (Å²) in [5.41, 5.74) is 0.109. The molecule has 134 valence electrons. The second-order valence-corrected chi connectivity index (χ2v) is 9.28. The first-order chi connectivity index (χ1) is 11.6. The molecule has 1 atom stereocenters. The van der Waals surface area contributed by atoms with Gasteiger partial charge < -0.3 is 0 Å². The number of halogens is 5. The summed E-state index contributed by atoms with van der Waals surface area (Å²) in [5.74, 6) is 0. The minimum absolute atomic E-state index is 0.0643. The smallest absolute Gasteiger partial charge is 0.265 e. The van der Waals surface area contributed by atoms with Crippen LogP contribution in [0.4, 0.5) is 5.69 Å². The molecule has 0 bridgehead atoms. The van der Waals surface area contributed by atoms with E-state index in [0.717, 1.165) is 4.31 Å². The summed E-state index contributed by atoms with van der Waals surface area (Å²) in [5, 5.41) is -0.463. The molecule has 0 spiro atoms. The van der Waals surface area contributed by atoms with Crippen molar-refractivity contribution >= 4 is 83.3 Å². The molecule has 2 rings (SSSR count). The summed E-state index contributed by atoms with van der Waals surface area (Å²) >= 11 is 26.8. The van der Waals surface area contributed by atoms with Crippen molar-refractivity contribution in [3.63, 3.8) is 0 Å². The van der Waals surface area contributed by atoms with E-state index in [-0.39, 0.29) is 25.7 Å². The van der Waals surface area contributed by atoms with Gasteiger partial charge in [-0.3, -0.25) is 9.10 Å². The Kier molecular flexibility index (Phi) is 6.68. The summed E-state index contributed by atoms with van der Waals surface area (Å²) in [6.07, 6.45) is 0. The van der Waals surface area contributed by atoms with Gasteiger partial charge in [-0.15, -0.1) is 0 Å². The Morgan fingerprint density at radius 2 is 1.68 bits per heavy atom. The molecule has 2 aromatic rings. The Bertz CT molecular complexity index is 936. The van der Waals surface area contributed by atoms with Crippen molar-refractivity contribution in [1.82, 2.24) is 0 Å². The van der Waals surface area contributed by atoms with E-state index in [2.05, 4.69) is 15.9 Å². The number of hydrogen-bond donors (Lipinski definition) is 0. The third-order valence-corrected chi connectivity index (χ3v) is 7.01. The van der Waals surface area contributed by atoms with E-state index in [0.29, 0.717) is 4.47 Å². The molecule has 2 aromatic carbocycles. The number of carbonyl (C=O) groups is 1. The number of hydrogen-bond acceptors (Lipinski definition) is 3.